The van der Waals surface area contributed by atoms with Crippen LogP contribution in [0.5, 0.6) is 0 Å². The summed E-state index contributed by atoms with van der Waals surface area (Å²) in [5, 5.41) is 3.60. The lowest BCUT2D eigenvalue weighted by Gasteiger charge is -2.33. The number of halogens is 3. The van der Waals surface area contributed by atoms with Crippen LogP contribution >= 0.6 is 11.6 Å². The van der Waals surface area contributed by atoms with E-state index >= 15 is 0 Å². The van der Waals surface area contributed by atoms with Gasteiger partial charge in [-0.05, 0) is 48.6 Å². The molecule has 1 saturated carbocycles. The number of nitrogens with one attached hydrogen (secondary N) is 1. The molecule has 1 aliphatic carbocycles. The highest BCUT2D eigenvalue weighted by Gasteiger charge is 2.32. The lowest BCUT2D eigenvalue weighted by atomic mass is 10.0. The third-order valence-electron chi connectivity index (χ3n) is 7.61. The molecule has 3 aromatic rings. The standard InChI is InChI=1S/C32H36ClF2N3O4S/c1-43(41,42)38(26-17-18-28(34)29(35)21-26)19-9-16-31(39)37(22-24-12-5-8-15-27(24)33)30(20-23-10-3-2-4-11-23)32(40)36-25-13-6-7-14-25/h2-5,8,10-12,15,17-18,21,25,30H,6-7,9,13-14,16,19-20,22H2,1H3,(H,36,40)/t30-/m0/s1. The number of carbonyl (C=O) groups is 2. The van der Waals surface area contributed by atoms with Crippen molar-refractivity contribution in [3.8, 4) is 0 Å². The largest absolute Gasteiger partial charge is 0.352 e. The first-order valence-electron chi connectivity index (χ1n) is 14.3. The molecule has 3 aromatic carbocycles. The number of amides is 2. The predicted molar refractivity (Wildman–Crippen MR) is 164 cm³/mol. The Labute approximate surface area is 256 Å². The number of anilines is 1. The fourth-order valence-electron chi connectivity index (χ4n) is 5.38. The van der Waals surface area contributed by atoms with E-state index in [9.17, 15) is 26.8 Å². The Kier molecular flexibility index (Phi) is 11.2. The smallest absolute Gasteiger partial charge is 0.243 e. The van der Waals surface area contributed by atoms with Crippen LogP contribution in [-0.2, 0) is 32.6 Å². The second-order valence-corrected chi connectivity index (χ2v) is 13.2. The summed E-state index contributed by atoms with van der Waals surface area (Å²) in [4.78, 5) is 29.2. The van der Waals surface area contributed by atoms with E-state index in [1.165, 1.54) is 11.0 Å². The Bertz CT molecular complexity index is 1520. The van der Waals surface area contributed by atoms with Gasteiger partial charge in [0.25, 0.3) is 0 Å². The fourth-order valence-corrected chi connectivity index (χ4v) is 6.53. The van der Waals surface area contributed by atoms with Crippen LogP contribution in [0.25, 0.3) is 0 Å². The number of hydrogen-bond donors (Lipinski definition) is 1. The van der Waals surface area contributed by atoms with E-state index in [4.69, 9.17) is 11.6 Å². The van der Waals surface area contributed by atoms with E-state index in [1.807, 2.05) is 30.3 Å². The van der Waals surface area contributed by atoms with Crippen LogP contribution in [0, 0.1) is 11.6 Å². The van der Waals surface area contributed by atoms with Crippen molar-refractivity contribution in [2.24, 2.45) is 0 Å². The molecule has 0 radical (unpaired) electrons. The van der Waals surface area contributed by atoms with E-state index < -0.39 is 27.7 Å². The number of carbonyl (C=O) groups excluding carboxylic acids is 2. The molecule has 0 bridgehead atoms. The van der Waals surface area contributed by atoms with Gasteiger partial charge in [0.2, 0.25) is 21.8 Å². The molecule has 11 heteroatoms. The van der Waals surface area contributed by atoms with Gasteiger partial charge in [0.1, 0.15) is 6.04 Å². The zero-order chi connectivity index (χ0) is 31.0. The van der Waals surface area contributed by atoms with Crippen molar-refractivity contribution in [3.05, 3.63) is 101 Å². The molecule has 1 N–H and O–H groups in total. The molecule has 1 atom stereocenters. The molecule has 0 unspecified atom stereocenters. The Morgan fingerprint density at radius 1 is 0.977 bits per heavy atom. The minimum absolute atomic E-state index is 0.0420. The normalized spacial score (nSPS) is 14.3. The number of sulfonamides is 1. The molecule has 2 amide bonds. The van der Waals surface area contributed by atoms with Crippen molar-refractivity contribution < 1.29 is 26.8 Å². The average Bonchev–Trinajstić information content (AvgIpc) is 3.48. The van der Waals surface area contributed by atoms with Gasteiger partial charge in [-0.3, -0.25) is 13.9 Å². The van der Waals surface area contributed by atoms with Crippen molar-refractivity contribution in [2.45, 2.75) is 63.6 Å². The first-order chi connectivity index (χ1) is 20.5. The van der Waals surface area contributed by atoms with Gasteiger partial charge in [0.15, 0.2) is 11.6 Å². The number of rotatable bonds is 13. The second-order valence-electron chi connectivity index (χ2n) is 10.8. The van der Waals surface area contributed by atoms with Crippen LogP contribution < -0.4 is 9.62 Å². The van der Waals surface area contributed by atoms with Gasteiger partial charge in [-0.1, -0.05) is 73.0 Å². The summed E-state index contributed by atoms with van der Waals surface area (Å²) in [6, 6.07) is 18.6. The summed E-state index contributed by atoms with van der Waals surface area (Å²) >= 11 is 6.47. The van der Waals surface area contributed by atoms with Gasteiger partial charge in [-0.25, -0.2) is 17.2 Å². The zero-order valence-electron chi connectivity index (χ0n) is 24.0. The third kappa shape index (κ3) is 9.00. The topological polar surface area (TPSA) is 86.8 Å². The summed E-state index contributed by atoms with van der Waals surface area (Å²) in [7, 11) is -3.87. The van der Waals surface area contributed by atoms with E-state index in [0.29, 0.717) is 10.6 Å². The first-order valence-corrected chi connectivity index (χ1v) is 16.6. The molecular weight excluding hydrogens is 596 g/mol. The highest BCUT2D eigenvalue weighted by Crippen LogP contribution is 2.24. The molecule has 4 rings (SSSR count). The monoisotopic (exact) mass is 631 g/mol. The molecular formula is C32H36ClF2N3O4S. The van der Waals surface area contributed by atoms with Crippen molar-refractivity contribution in [1.82, 2.24) is 10.2 Å². The zero-order valence-corrected chi connectivity index (χ0v) is 25.6. The van der Waals surface area contributed by atoms with Crippen LogP contribution in [0.15, 0.2) is 72.8 Å². The molecule has 0 aliphatic heterocycles. The molecule has 0 saturated heterocycles. The predicted octanol–water partition coefficient (Wildman–Crippen LogP) is 5.86. The third-order valence-corrected chi connectivity index (χ3v) is 9.18. The van der Waals surface area contributed by atoms with E-state index in [-0.39, 0.29) is 55.9 Å². The maximum atomic E-state index is 13.9. The lowest BCUT2D eigenvalue weighted by Crippen LogP contribution is -2.52. The summed E-state index contributed by atoms with van der Waals surface area (Å²) in [6.45, 7) is -0.0692. The van der Waals surface area contributed by atoms with Crippen LogP contribution in [0.2, 0.25) is 5.02 Å². The quantitative estimate of drug-likeness (QED) is 0.256. The van der Waals surface area contributed by atoms with Crippen molar-refractivity contribution in [1.29, 1.82) is 0 Å². The van der Waals surface area contributed by atoms with Crippen LogP contribution in [0.4, 0.5) is 14.5 Å². The van der Waals surface area contributed by atoms with Crippen molar-refractivity contribution in [2.75, 3.05) is 17.1 Å². The molecule has 0 heterocycles. The first kappa shape index (κ1) is 32.4. The Morgan fingerprint density at radius 2 is 1.65 bits per heavy atom. The highest BCUT2D eigenvalue weighted by molar-refractivity contribution is 7.92. The lowest BCUT2D eigenvalue weighted by molar-refractivity contribution is -0.141. The Balaban J connectivity index is 1.59. The van der Waals surface area contributed by atoms with Crippen LogP contribution in [0.3, 0.4) is 0 Å². The van der Waals surface area contributed by atoms with E-state index in [0.717, 1.165) is 53.9 Å². The Morgan fingerprint density at radius 3 is 2.30 bits per heavy atom. The molecule has 1 fully saturated rings. The fraction of sp³-hybridized carbons (Fsp3) is 0.375. The van der Waals surface area contributed by atoms with Gasteiger partial charge < -0.3 is 10.2 Å². The van der Waals surface area contributed by atoms with E-state index in [1.54, 1.807) is 24.3 Å². The number of benzene rings is 3. The van der Waals surface area contributed by atoms with Gasteiger partial charge in [0, 0.05) is 43.1 Å². The molecule has 7 nitrogen and oxygen atoms in total. The van der Waals surface area contributed by atoms with Crippen LogP contribution in [0.1, 0.15) is 49.7 Å². The number of nitrogens with zero attached hydrogens (tertiary/aromatic N) is 2. The van der Waals surface area contributed by atoms with Gasteiger partial charge in [-0.15, -0.1) is 0 Å². The maximum absolute atomic E-state index is 13.9. The molecule has 1 aliphatic rings. The molecule has 0 aromatic heterocycles. The highest BCUT2D eigenvalue weighted by atomic mass is 35.5. The minimum atomic E-state index is -3.87. The summed E-state index contributed by atoms with van der Waals surface area (Å²) in [5.41, 5.74) is 1.51. The average molecular weight is 632 g/mol. The molecule has 230 valence electrons. The summed E-state index contributed by atoms with van der Waals surface area (Å²) in [6.07, 6.45) is 5.05. The van der Waals surface area contributed by atoms with Gasteiger partial charge in [-0.2, -0.15) is 0 Å². The van der Waals surface area contributed by atoms with Crippen molar-refractivity contribution in [3.63, 3.8) is 0 Å². The van der Waals surface area contributed by atoms with Gasteiger partial charge >= 0.3 is 0 Å². The van der Waals surface area contributed by atoms with Gasteiger partial charge in [0.05, 0.1) is 11.9 Å². The minimum Gasteiger partial charge on any atom is -0.352 e. The van der Waals surface area contributed by atoms with E-state index in [2.05, 4.69) is 5.32 Å². The van der Waals surface area contributed by atoms with Crippen molar-refractivity contribution >= 4 is 39.1 Å². The SMILES string of the molecule is CS(=O)(=O)N(CCCC(=O)N(Cc1ccccc1Cl)[C@@H](Cc1ccccc1)C(=O)NC1CCCC1)c1ccc(F)c(F)c1. The Hall–Kier alpha value is -3.50. The second kappa shape index (κ2) is 14.8. The van der Waals surface area contributed by atoms with Crippen LogP contribution in [-0.4, -0.2) is 50.0 Å². The molecule has 43 heavy (non-hydrogen) atoms. The number of hydrogen-bond acceptors (Lipinski definition) is 4. The maximum Gasteiger partial charge on any atom is 0.243 e. The summed E-state index contributed by atoms with van der Waals surface area (Å²) in [5.74, 6) is -2.88. The summed E-state index contributed by atoms with van der Waals surface area (Å²) < 4.78 is 53.4. The molecule has 0 spiro atoms.